The zero-order valence-corrected chi connectivity index (χ0v) is 10.4. The Kier molecular flexibility index (Phi) is 3.81. The number of hydrogen-bond acceptors (Lipinski definition) is 4. The average Bonchev–Trinajstić information content (AvgIpc) is 2.65. The summed E-state index contributed by atoms with van der Waals surface area (Å²) in [5.74, 6) is 1.53. The van der Waals surface area contributed by atoms with Crippen LogP contribution < -0.4 is 5.32 Å². The lowest BCUT2D eigenvalue weighted by atomic mass is 9.83. The predicted molar refractivity (Wildman–Crippen MR) is 64.6 cm³/mol. The maximum atomic E-state index is 5.92. The largest absolute Gasteiger partial charge is 0.364 e. The van der Waals surface area contributed by atoms with Crippen LogP contribution in [-0.2, 0) is 0 Å². The first-order valence-electron chi connectivity index (χ1n) is 5.56. The minimum Gasteiger partial charge on any atom is -0.364 e. The van der Waals surface area contributed by atoms with Gasteiger partial charge in [-0.25, -0.2) is 0 Å². The lowest BCUT2D eigenvalue weighted by molar-refractivity contribution is 0.317. The highest BCUT2D eigenvalue weighted by Crippen LogP contribution is 2.30. The molecule has 1 aliphatic rings. The van der Waals surface area contributed by atoms with Crippen molar-refractivity contribution < 1.29 is 0 Å². The molecule has 1 fully saturated rings. The van der Waals surface area contributed by atoms with Gasteiger partial charge < -0.3 is 5.32 Å². The van der Waals surface area contributed by atoms with Crippen LogP contribution in [-0.4, -0.2) is 14.8 Å². The highest BCUT2D eigenvalue weighted by Gasteiger charge is 2.24. The summed E-state index contributed by atoms with van der Waals surface area (Å²) in [5.41, 5.74) is 0. The fourth-order valence-electron chi connectivity index (χ4n) is 2.33. The summed E-state index contributed by atoms with van der Waals surface area (Å²) in [6, 6.07) is 0.533. The Bertz CT molecular complexity index is 315. The van der Waals surface area contributed by atoms with Gasteiger partial charge in [-0.1, -0.05) is 37.8 Å². The van der Waals surface area contributed by atoms with Gasteiger partial charge in [-0.05, 0) is 18.8 Å². The summed E-state index contributed by atoms with van der Waals surface area (Å²) in [5, 5.41) is 3.95. The summed E-state index contributed by atoms with van der Waals surface area (Å²) in [7, 11) is 0. The van der Waals surface area contributed by atoms with Crippen LogP contribution in [0, 0.1) is 5.92 Å². The molecule has 0 amide bonds. The van der Waals surface area contributed by atoms with Gasteiger partial charge in [0.1, 0.15) is 0 Å². The van der Waals surface area contributed by atoms with E-state index >= 15 is 0 Å². The third-order valence-electron chi connectivity index (χ3n) is 3.20. The minimum atomic E-state index is 0.514. The van der Waals surface area contributed by atoms with Crippen molar-refractivity contribution in [3.8, 4) is 0 Å². The molecule has 0 aliphatic heterocycles. The standard InChI is InChI=1S/C10H16ClN3S/c1-2-7-5-3-4-6-8(7)12-10-9(11)13-15-14-10/h7-8H,2-6H2,1H3,(H,12,14). The van der Waals surface area contributed by atoms with Crippen molar-refractivity contribution in [2.75, 3.05) is 5.32 Å². The maximum Gasteiger partial charge on any atom is 0.186 e. The van der Waals surface area contributed by atoms with Crippen molar-refractivity contribution in [2.24, 2.45) is 5.92 Å². The van der Waals surface area contributed by atoms with E-state index in [1.807, 2.05) is 0 Å². The molecule has 5 heteroatoms. The van der Waals surface area contributed by atoms with Crippen molar-refractivity contribution >= 4 is 29.1 Å². The van der Waals surface area contributed by atoms with Crippen molar-refractivity contribution in [3.63, 3.8) is 0 Å². The van der Waals surface area contributed by atoms with E-state index in [2.05, 4.69) is 21.0 Å². The Balaban J connectivity index is 2.00. The first-order valence-corrected chi connectivity index (χ1v) is 6.66. The first-order chi connectivity index (χ1) is 7.31. The first kappa shape index (κ1) is 11.1. The second-order valence-electron chi connectivity index (χ2n) is 4.11. The van der Waals surface area contributed by atoms with Crippen LogP contribution >= 0.6 is 23.3 Å². The normalized spacial score (nSPS) is 26.5. The molecule has 0 saturated heterocycles. The molecule has 2 unspecified atom stereocenters. The molecule has 0 spiro atoms. The Labute approximate surface area is 99.6 Å². The molecule has 0 bridgehead atoms. The van der Waals surface area contributed by atoms with Crippen LogP contribution in [0.2, 0.25) is 5.15 Å². The zero-order valence-electron chi connectivity index (χ0n) is 8.87. The van der Waals surface area contributed by atoms with Gasteiger partial charge in [-0.3, -0.25) is 0 Å². The molecular formula is C10H16ClN3S. The second-order valence-corrected chi connectivity index (χ2v) is 4.99. The fourth-order valence-corrected chi connectivity index (χ4v) is 2.99. The number of nitrogens with zero attached hydrogens (tertiary/aromatic N) is 2. The Morgan fingerprint density at radius 3 is 2.87 bits per heavy atom. The van der Waals surface area contributed by atoms with Gasteiger partial charge in [0.15, 0.2) is 11.0 Å². The van der Waals surface area contributed by atoms with Crippen LogP contribution in [0.25, 0.3) is 0 Å². The lowest BCUT2D eigenvalue weighted by Crippen LogP contribution is -2.31. The van der Waals surface area contributed by atoms with E-state index in [1.54, 1.807) is 0 Å². The molecule has 2 rings (SSSR count). The van der Waals surface area contributed by atoms with E-state index in [9.17, 15) is 0 Å². The number of anilines is 1. The van der Waals surface area contributed by atoms with Gasteiger partial charge in [0, 0.05) is 6.04 Å². The summed E-state index contributed by atoms with van der Waals surface area (Å²) < 4.78 is 8.13. The zero-order chi connectivity index (χ0) is 10.7. The van der Waals surface area contributed by atoms with E-state index in [0.29, 0.717) is 11.2 Å². The number of halogens is 1. The van der Waals surface area contributed by atoms with Crippen molar-refractivity contribution in [3.05, 3.63) is 5.15 Å². The Morgan fingerprint density at radius 2 is 2.20 bits per heavy atom. The van der Waals surface area contributed by atoms with Crippen LogP contribution in [0.4, 0.5) is 5.82 Å². The predicted octanol–water partition coefficient (Wildman–Crippen LogP) is 3.57. The highest BCUT2D eigenvalue weighted by atomic mass is 35.5. The molecule has 1 saturated carbocycles. The molecule has 2 atom stereocenters. The number of hydrogen-bond donors (Lipinski definition) is 1. The van der Waals surface area contributed by atoms with E-state index in [1.165, 1.54) is 43.8 Å². The van der Waals surface area contributed by atoms with Crippen LogP contribution in [0.3, 0.4) is 0 Å². The summed E-state index contributed by atoms with van der Waals surface area (Å²) in [6.07, 6.45) is 6.45. The Morgan fingerprint density at radius 1 is 1.40 bits per heavy atom. The van der Waals surface area contributed by atoms with Gasteiger partial charge in [0.05, 0.1) is 11.7 Å². The van der Waals surface area contributed by atoms with Gasteiger partial charge >= 0.3 is 0 Å². The molecule has 3 nitrogen and oxygen atoms in total. The van der Waals surface area contributed by atoms with E-state index in [-0.39, 0.29) is 0 Å². The van der Waals surface area contributed by atoms with Crippen molar-refractivity contribution in [2.45, 2.75) is 45.1 Å². The average molecular weight is 246 g/mol. The monoisotopic (exact) mass is 245 g/mol. The Hall–Kier alpha value is -0.350. The van der Waals surface area contributed by atoms with Gasteiger partial charge in [0.2, 0.25) is 0 Å². The maximum absolute atomic E-state index is 5.92. The van der Waals surface area contributed by atoms with Crippen molar-refractivity contribution in [1.29, 1.82) is 0 Å². The van der Waals surface area contributed by atoms with Gasteiger partial charge in [-0.15, -0.1) is 0 Å². The quantitative estimate of drug-likeness (QED) is 0.885. The smallest absolute Gasteiger partial charge is 0.186 e. The molecule has 1 aromatic rings. The molecule has 15 heavy (non-hydrogen) atoms. The second kappa shape index (κ2) is 5.12. The minimum absolute atomic E-state index is 0.514. The van der Waals surface area contributed by atoms with Crippen LogP contribution in [0.15, 0.2) is 0 Å². The molecule has 1 heterocycles. The van der Waals surface area contributed by atoms with Crippen molar-refractivity contribution in [1.82, 2.24) is 8.75 Å². The highest BCUT2D eigenvalue weighted by molar-refractivity contribution is 6.99. The molecule has 0 radical (unpaired) electrons. The van der Waals surface area contributed by atoms with E-state index < -0.39 is 0 Å². The molecule has 1 aliphatic carbocycles. The third-order valence-corrected chi connectivity index (χ3v) is 4.10. The summed E-state index contributed by atoms with van der Waals surface area (Å²) in [4.78, 5) is 0. The SMILES string of the molecule is CCC1CCCCC1Nc1nsnc1Cl. The van der Waals surface area contributed by atoms with E-state index in [0.717, 1.165) is 11.7 Å². The summed E-state index contributed by atoms with van der Waals surface area (Å²) >= 11 is 7.09. The van der Waals surface area contributed by atoms with Crippen LogP contribution in [0.1, 0.15) is 39.0 Å². The number of nitrogens with one attached hydrogen (secondary N) is 1. The molecular weight excluding hydrogens is 230 g/mol. The molecule has 1 aromatic heterocycles. The number of rotatable bonds is 3. The fraction of sp³-hybridized carbons (Fsp3) is 0.800. The number of aromatic nitrogens is 2. The van der Waals surface area contributed by atoms with Gasteiger partial charge in [0.25, 0.3) is 0 Å². The molecule has 0 aromatic carbocycles. The van der Waals surface area contributed by atoms with E-state index in [4.69, 9.17) is 11.6 Å². The third kappa shape index (κ3) is 2.61. The van der Waals surface area contributed by atoms with Gasteiger partial charge in [-0.2, -0.15) is 8.75 Å². The lowest BCUT2D eigenvalue weighted by Gasteiger charge is -2.31. The molecule has 1 N–H and O–H groups in total. The van der Waals surface area contributed by atoms with Crippen LogP contribution in [0.5, 0.6) is 0 Å². The molecule has 84 valence electrons. The topological polar surface area (TPSA) is 37.8 Å². The summed E-state index contributed by atoms with van der Waals surface area (Å²) in [6.45, 7) is 2.26.